The lowest BCUT2D eigenvalue weighted by Gasteiger charge is -2.21. The fourth-order valence-corrected chi connectivity index (χ4v) is 4.14. The van der Waals surface area contributed by atoms with Crippen molar-refractivity contribution in [1.29, 1.82) is 0 Å². The van der Waals surface area contributed by atoms with Crippen molar-refractivity contribution in [2.24, 2.45) is 0 Å². The number of carbonyl (C=O) groups excluding carboxylic acids is 2. The minimum Gasteiger partial charge on any atom is -0.484 e. The molecule has 0 saturated carbocycles. The summed E-state index contributed by atoms with van der Waals surface area (Å²) in [5.41, 5.74) is 3.63. The van der Waals surface area contributed by atoms with Gasteiger partial charge in [-0.15, -0.1) is 0 Å². The first-order valence-electron chi connectivity index (χ1n) is 12.7. The number of ether oxygens (including phenoxy) is 1. The Morgan fingerprint density at radius 2 is 1.82 bits per heavy atom. The number of anilines is 1. The predicted molar refractivity (Wildman–Crippen MR) is 151 cm³/mol. The zero-order valence-corrected chi connectivity index (χ0v) is 23.6. The Labute approximate surface area is 233 Å². The molecule has 0 unspecified atom stereocenters. The van der Waals surface area contributed by atoms with Gasteiger partial charge in [-0.25, -0.2) is 4.68 Å². The van der Waals surface area contributed by atoms with Crippen molar-refractivity contribution in [3.63, 3.8) is 0 Å². The molecule has 0 radical (unpaired) electrons. The minimum atomic E-state index is -0.368. The summed E-state index contributed by atoms with van der Waals surface area (Å²) in [4.78, 5) is 27.8. The van der Waals surface area contributed by atoms with Gasteiger partial charge in [0.2, 0.25) is 5.91 Å². The smallest absolute Gasteiger partial charge is 0.261 e. The lowest BCUT2D eigenvalue weighted by Crippen LogP contribution is -2.40. The Morgan fingerprint density at radius 3 is 2.46 bits per heavy atom. The summed E-state index contributed by atoms with van der Waals surface area (Å²) < 4.78 is 12.8. The van der Waals surface area contributed by atoms with Gasteiger partial charge >= 0.3 is 0 Å². The third kappa shape index (κ3) is 7.29. The highest BCUT2D eigenvalue weighted by Gasteiger charge is 2.24. The topological polar surface area (TPSA) is 89.6 Å². The van der Waals surface area contributed by atoms with E-state index < -0.39 is 0 Å². The molecule has 204 valence electrons. The fourth-order valence-electron chi connectivity index (χ4n) is 4.01. The van der Waals surface area contributed by atoms with Crippen LogP contribution in [-0.4, -0.2) is 39.6 Å². The molecule has 0 aliphatic rings. The molecule has 39 heavy (non-hydrogen) atoms. The van der Waals surface area contributed by atoms with Gasteiger partial charge in [0.05, 0.1) is 24.2 Å². The Morgan fingerprint density at radius 1 is 1.08 bits per heavy atom. The number of hydrogen-bond acceptors (Lipinski definition) is 5. The van der Waals surface area contributed by atoms with Crippen molar-refractivity contribution < 1.29 is 18.7 Å². The van der Waals surface area contributed by atoms with Gasteiger partial charge < -0.3 is 19.4 Å². The van der Waals surface area contributed by atoms with Gasteiger partial charge in [0.1, 0.15) is 23.9 Å². The van der Waals surface area contributed by atoms with Gasteiger partial charge in [0.15, 0.2) is 6.61 Å². The molecule has 2 amide bonds. The van der Waals surface area contributed by atoms with Crippen molar-refractivity contribution in [3.8, 4) is 11.4 Å². The molecule has 2 aromatic carbocycles. The number of amides is 2. The number of nitrogens with one attached hydrogen (secondary N) is 1. The second kappa shape index (κ2) is 11.8. The van der Waals surface area contributed by atoms with E-state index in [1.807, 2.05) is 32.0 Å². The highest BCUT2D eigenvalue weighted by Crippen LogP contribution is 2.28. The number of aromatic nitrogens is 2. The average Bonchev–Trinajstić information content (AvgIpc) is 3.53. The van der Waals surface area contributed by atoms with E-state index in [0.29, 0.717) is 22.4 Å². The van der Waals surface area contributed by atoms with Crippen molar-refractivity contribution in [1.82, 2.24) is 14.7 Å². The van der Waals surface area contributed by atoms with Crippen molar-refractivity contribution in [2.75, 3.05) is 18.5 Å². The van der Waals surface area contributed by atoms with Crippen LogP contribution in [0.4, 0.5) is 5.82 Å². The monoisotopic (exact) mass is 548 g/mol. The molecule has 4 aromatic rings. The molecule has 2 aromatic heterocycles. The lowest BCUT2D eigenvalue weighted by atomic mass is 9.92. The number of benzene rings is 2. The van der Waals surface area contributed by atoms with Crippen LogP contribution in [-0.2, 0) is 21.5 Å². The average molecular weight is 549 g/mol. The van der Waals surface area contributed by atoms with Crippen LogP contribution in [0.1, 0.15) is 43.4 Å². The van der Waals surface area contributed by atoms with E-state index in [1.165, 1.54) is 11.2 Å². The normalized spacial score (nSPS) is 11.3. The van der Waals surface area contributed by atoms with Gasteiger partial charge in [-0.3, -0.25) is 9.59 Å². The zero-order valence-electron chi connectivity index (χ0n) is 22.8. The fraction of sp³-hybridized carbons (Fsp3) is 0.300. The Bertz CT molecular complexity index is 1440. The highest BCUT2D eigenvalue weighted by molar-refractivity contribution is 6.30. The molecule has 0 aliphatic carbocycles. The van der Waals surface area contributed by atoms with Gasteiger partial charge in [0.25, 0.3) is 5.91 Å². The SMILES string of the molecule is Cc1ccc(-n2nc(C(C)(C)C)cc2NC(=O)CN(Cc2ccco2)C(=O)COc2ccc(Cl)cc2)c(C)c1. The Hall–Kier alpha value is -4.04. The minimum absolute atomic E-state index is 0.118. The molecule has 0 atom stereocenters. The summed E-state index contributed by atoms with van der Waals surface area (Å²) in [6.07, 6.45) is 1.53. The zero-order chi connectivity index (χ0) is 28.2. The highest BCUT2D eigenvalue weighted by atomic mass is 35.5. The standard InChI is InChI=1S/C30H33ClN4O4/c1-20-8-13-25(21(2)15-20)35-27(16-26(33-35)30(3,4)5)32-28(36)18-34(17-24-7-6-14-38-24)29(37)19-39-23-11-9-22(31)10-12-23/h6-16H,17-19H2,1-5H3,(H,32,36). The van der Waals surface area contributed by atoms with E-state index >= 15 is 0 Å². The van der Waals surface area contributed by atoms with Gasteiger partial charge in [0, 0.05) is 16.5 Å². The summed E-state index contributed by atoms with van der Waals surface area (Å²) >= 11 is 5.93. The molecule has 0 fully saturated rings. The molecule has 0 saturated heterocycles. The number of nitrogens with zero attached hydrogens (tertiary/aromatic N) is 3. The molecule has 4 rings (SSSR count). The summed E-state index contributed by atoms with van der Waals surface area (Å²) in [5, 5.41) is 8.36. The van der Waals surface area contributed by atoms with E-state index in [1.54, 1.807) is 41.1 Å². The quantitative estimate of drug-likeness (QED) is 0.274. The lowest BCUT2D eigenvalue weighted by molar-refractivity contribution is -0.137. The summed E-state index contributed by atoms with van der Waals surface area (Å²) in [5.74, 6) is 0.849. The van der Waals surface area contributed by atoms with Crippen LogP contribution in [0.15, 0.2) is 71.3 Å². The maximum absolute atomic E-state index is 13.3. The second-order valence-corrected chi connectivity index (χ2v) is 10.9. The van der Waals surface area contributed by atoms with E-state index in [-0.39, 0.29) is 36.9 Å². The molecular formula is C30H33ClN4O4. The third-order valence-corrected chi connectivity index (χ3v) is 6.37. The molecule has 1 N–H and O–H groups in total. The number of furan rings is 1. The number of rotatable bonds is 9. The van der Waals surface area contributed by atoms with Crippen LogP contribution in [0.5, 0.6) is 5.75 Å². The molecule has 0 bridgehead atoms. The molecule has 8 nitrogen and oxygen atoms in total. The van der Waals surface area contributed by atoms with E-state index in [4.69, 9.17) is 25.9 Å². The van der Waals surface area contributed by atoms with Crippen LogP contribution in [0.25, 0.3) is 5.69 Å². The summed E-state index contributed by atoms with van der Waals surface area (Å²) in [6.45, 7) is 9.91. The van der Waals surface area contributed by atoms with Crippen LogP contribution >= 0.6 is 11.6 Å². The van der Waals surface area contributed by atoms with E-state index in [0.717, 1.165) is 22.5 Å². The maximum Gasteiger partial charge on any atom is 0.261 e. The van der Waals surface area contributed by atoms with Crippen molar-refractivity contribution in [3.05, 3.63) is 94.5 Å². The van der Waals surface area contributed by atoms with E-state index in [9.17, 15) is 9.59 Å². The van der Waals surface area contributed by atoms with Crippen molar-refractivity contribution in [2.45, 2.75) is 46.6 Å². The molecule has 2 heterocycles. The first-order valence-corrected chi connectivity index (χ1v) is 13.0. The number of carbonyl (C=O) groups is 2. The molecule has 0 aliphatic heterocycles. The third-order valence-electron chi connectivity index (χ3n) is 6.12. The number of halogens is 1. The molecular weight excluding hydrogens is 516 g/mol. The first-order chi connectivity index (χ1) is 18.5. The van der Waals surface area contributed by atoms with Crippen LogP contribution in [0, 0.1) is 13.8 Å². The van der Waals surface area contributed by atoms with Crippen molar-refractivity contribution >= 4 is 29.2 Å². The Kier molecular flexibility index (Phi) is 8.45. The summed E-state index contributed by atoms with van der Waals surface area (Å²) in [6, 6.07) is 18.2. The first kappa shape index (κ1) is 28.0. The van der Waals surface area contributed by atoms with Gasteiger partial charge in [-0.05, 0) is 61.9 Å². The second-order valence-electron chi connectivity index (χ2n) is 10.5. The summed E-state index contributed by atoms with van der Waals surface area (Å²) in [7, 11) is 0. The molecule has 0 spiro atoms. The van der Waals surface area contributed by atoms with Gasteiger partial charge in [-0.1, -0.05) is 50.1 Å². The number of aryl methyl sites for hydroxylation is 2. The largest absolute Gasteiger partial charge is 0.484 e. The van der Waals surface area contributed by atoms with Crippen LogP contribution in [0.2, 0.25) is 5.02 Å². The maximum atomic E-state index is 13.3. The Balaban J connectivity index is 1.54. The number of hydrogen-bond donors (Lipinski definition) is 1. The van der Waals surface area contributed by atoms with Crippen LogP contribution < -0.4 is 10.1 Å². The van der Waals surface area contributed by atoms with Crippen LogP contribution in [0.3, 0.4) is 0 Å². The predicted octanol–water partition coefficient (Wildman–Crippen LogP) is 6.08. The van der Waals surface area contributed by atoms with E-state index in [2.05, 4.69) is 32.2 Å². The van der Waals surface area contributed by atoms with Gasteiger partial charge in [-0.2, -0.15) is 5.10 Å². The molecule has 9 heteroatoms.